The Hall–Kier alpha value is -2.47. The van der Waals surface area contributed by atoms with Gasteiger partial charge in [0.15, 0.2) is 5.82 Å². The molecule has 0 unspecified atom stereocenters. The lowest BCUT2D eigenvalue weighted by Crippen LogP contribution is -2.29. The lowest BCUT2D eigenvalue weighted by atomic mass is 10.1. The van der Waals surface area contributed by atoms with Crippen molar-refractivity contribution < 1.29 is 4.79 Å². The highest BCUT2D eigenvalue weighted by molar-refractivity contribution is 6.10. The van der Waals surface area contributed by atoms with Crippen LogP contribution in [0.2, 0.25) is 0 Å². The third-order valence-electron chi connectivity index (χ3n) is 3.91. The second kappa shape index (κ2) is 6.75. The van der Waals surface area contributed by atoms with Crippen LogP contribution < -0.4 is 16.0 Å². The molecular weight excluding hydrogens is 290 g/mol. The number of carbonyl (C=O) groups is 1. The molecule has 1 aliphatic heterocycles. The second-order valence-electron chi connectivity index (χ2n) is 5.71. The van der Waals surface area contributed by atoms with E-state index in [-0.39, 0.29) is 17.2 Å². The predicted molar refractivity (Wildman–Crippen MR) is 89.1 cm³/mol. The van der Waals surface area contributed by atoms with Crippen LogP contribution in [0.4, 0.5) is 11.6 Å². The van der Waals surface area contributed by atoms with Crippen molar-refractivity contribution in [1.82, 2.24) is 21.0 Å². The van der Waals surface area contributed by atoms with Crippen molar-refractivity contribution in [3.8, 4) is 0 Å². The highest BCUT2D eigenvalue weighted by atomic mass is 16.1. The monoisotopic (exact) mass is 310 g/mol. The molecule has 1 saturated heterocycles. The molecular formula is C17H20N5O. The average Bonchev–Trinajstić information content (AvgIpc) is 2.83. The minimum Gasteiger partial charge on any atom is -0.355 e. The molecule has 1 aliphatic rings. The standard InChI is InChI=1S/C17H20N5O/c1-12-10-14(16(23)13-4-2-6-20-17(13)18)21-15(11-12)22-8-3-5-19-7-9-22/h2,4,6,10-11,18-19H,3,5,7-9H2,1H3. The number of hydrogen-bond donors (Lipinski definition) is 1. The molecule has 0 aliphatic carbocycles. The van der Waals surface area contributed by atoms with Crippen LogP contribution in [0.1, 0.15) is 28.0 Å². The van der Waals surface area contributed by atoms with Gasteiger partial charge in [-0.15, -0.1) is 0 Å². The summed E-state index contributed by atoms with van der Waals surface area (Å²) < 4.78 is 0. The summed E-state index contributed by atoms with van der Waals surface area (Å²) in [5.74, 6) is 0.565. The maximum absolute atomic E-state index is 12.7. The van der Waals surface area contributed by atoms with Crippen LogP contribution in [0.25, 0.3) is 0 Å². The molecule has 0 bridgehead atoms. The van der Waals surface area contributed by atoms with E-state index in [4.69, 9.17) is 5.73 Å². The smallest absolute Gasteiger partial charge is 0.215 e. The third-order valence-corrected chi connectivity index (χ3v) is 3.91. The molecule has 0 amide bonds. The Kier molecular flexibility index (Phi) is 4.52. The normalized spacial score (nSPS) is 15.3. The van der Waals surface area contributed by atoms with Crippen LogP contribution in [0.3, 0.4) is 0 Å². The van der Waals surface area contributed by atoms with E-state index < -0.39 is 0 Å². The Morgan fingerprint density at radius 3 is 3.00 bits per heavy atom. The summed E-state index contributed by atoms with van der Waals surface area (Å²) in [7, 11) is 0. The van der Waals surface area contributed by atoms with Crippen molar-refractivity contribution >= 4 is 17.4 Å². The summed E-state index contributed by atoms with van der Waals surface area (Å²) in [5, 5.41) is 3.36. The van der Waals surface area contributed by atoms with Crippen LogP contribution in [0, 0.1) is 6.92 Å². The first-order valence-electron chi connectivity index (χ1n) is 7.81. The van der Waals surface area contributed by atoms with E-state index in [2.05, 4.69) is 20.2 Å². The number of carbonyl (C=O) groups excluding carboxylic acids is 1. The molecule has 2 N–H and O–H groups in total. The van der Waals surface area contributed by atoms with Gasteiger partial charge in [0.05, 0.1) is 5.56 Å². The summed E-state index contributed by atoms with van der Waals surface area (Å²) >= 11 is 0. The summed E-state index contributed by atoms with van der Waals surface area (Å²) in [6, 6.07) is 7.07. The number of ketones is 1. The van der Waals surface area contributed by atoms with Crippen LogP contribution in [-0.2, 0) is 0 Å². The molecule has 23 heavy (non-hydrogen) atoms. The molecule has 3 rings (SSSR count). The van der Waals surface area contributed by atoms with Crippen molar-refractivity contribution in [2.24, 2.45) is 0 Å². The quantitative estimate of drug-likeness (QED) is 0.873. The highest BCUT2D eigenvalue weighted by Crippen LogP contribution is 2.20. The number of nitrogens with one attached hydrogen (secondary N) is 2. The number of nitrogens with zero attached hydrogens (tertiary/aromatic N) is 3. The van der Waals surface area contributed by atoms with Gasteiger partial charge < -0.3 is 10.2 Å². The Labute approximate surface area is 135 Å². The second-order valence-corrected chi connectivity index (χ2v) is 5.71. The van der Waals surface area contributed by atoms with Crippen molar-refractivity contribution in [1.29, 1.82) is 0 Å². The van der Waals surface area contributed by atoms with Crippen LogP contribution in [0.15, 0.2) is 30.5 Å². The first-order valence-corrected chi connectivity index (χ1v) is 7.81. The van der Waals surface area contributed by atoms with Crippen molar-refractivity contribution in [2.75, 3.05) is 31.1 Å². The van der Waals surface area contributed by atoms with Gasteiger partial charge in [-0.05, 0) is 49.7 Å². The Morgan fingerprint density at radius 2 is 2.17 bits per heavy atom. The SMILES string of the molecule is Cc1cc(C(=O)c2cccnc2[NH])nc(N2CCCNCC2)c1. The van der Waals surface area contributed by atoms with Gasteiger partial charge in [-0.2, -0.15) is 0 Å². The molecule has 1 fully saturated rings. The first-order chi connectivity index (χ1) is 11.1. The van der Waals surface area contributed by atoms with Gasteiger partial charge in [-0.3, -0.25) is 10.5 Å². The Balaban J connectivity index is 1.94. The maximum Gasteiger partial charge on any atom is 0.215 e. The van der Waals surface area contributed by atoms with Crippen LogP contribution in [0.5, 0.6) is 0 Å². The summed E-state index contributed by atoms with van der Waals surface area (Å²) in [4.78, 5) is 23.3. The molecule has 0 atom stereocenters. The molecule has 6 nitrogen and oxygen atoms in total. The summed E-state index contributed by atoms with van der Waals surface area (Å²) in [6.07, 6.45) is 2.57. The minimum atomic E-state index is -0.249. The van der Waals surface area contributed by atoms with E-state index in [1.54, 1.807) is 18.2 Å². The number of aryl methyl sites for hydroxylation is 1. The maximum atomic E-state index is 12.7. The fourth-order valence-corrected chi connectivity index (χ4v) is 2.73. The van der Waals surface area contributed by atoms with Crippen molar-refractivity contribution in [3.05, 3.63) is 47.3 Å². The zero-order chi connectivity index (χ0) is 16.2. The van der Waals surface area contributed by atoms with E-state index in [1.807, 2.05) is 13.0 Å². The number of aromatic nitrogens is 2. The van der Waals surface area contributed by atoms with Gasteiger partial charge in [-0.1, -0.05) is 0 Å². The fourth-order valence-electron chi connectivity index (χ4n) is 2.73. The van der Waals surface area contributed by atoms with Crippen LogP contribution >= 0.6 is 0 Å². The predicted octanol–water partition coefficient (Wildman–Crippen LogP) is 1.73. The van der Waals surface area contributed by atoms with Gasteiger partial charge in [0.25, 0.3) is 0 Å². The average molecular weight is 310 g/mol. The first kappa shape index (κ1) is 15.4. The van der Waals surface area contributed by atoms with E-state index >= 15 is 0 Å². The number of hydrogen-bond acceptors (Lipinski definition) is 5. The van der Waals surface area contributed by atoms with E-state index in [0.717, 1.165) is 44.0 Å². The highest BCUT2D eigenvalue weighted by Gasteiger charge is 2.18. The lowest BCUT2D eigenvalue weighted by molar-refractivity contribution is 0.103. The lowest BCUT2D eigenvalue weighted by Gasteiger charge is -2.22. The molecule has 6 heteroatoms. The topological polar surface area (TPSA) is 81.9 Å². The third kappa shape index (κ3) is 3.48. The Morgan fingerprint density at radius 1 is 1.30 bits per heavy atom. The zero-order valence-electron chi connectivity index (χ0n) is 13.2. The van der Waals surface area contributed by atoms with E-state index in [1.165, 1.54) is 6.20 Å². The largest absolute Gasteiger partial charge is 0.355 e. The molecule has 0 aromatic carbocycles. The fraction of sp³-hybridized carbons (Fsp3) is 0.353. The molecule has 119 valence electrons. The molecule has 3 heterocycles. The van der Waals surface area contributed by atoms with Gasteiger partial charge in [0.2, 0.25) is 5.78 Å². The number of rotatable bonds is 3. The van der Waals surface area contributed by atoms with E-state index in [0.29, 0.717) is 5.69 Å². The van der Waals surface area contributed by atoms with Crippen molar-refractivity contribution in [2.45, 2.75) is 13.3 Å². The van der Waals surface area contributed by atoms with Crippen molar-refractivity contribution in [3.63, 3.8) is 0 Å². The molecule has 0 saturated carbocycles. The molecule has 0 spiro atoms. The molecule has 2 aromatic rings. The van der Waals surface area contributed by atoms with Gasteiger partial charge in [-0.25, -0.2) is 9.97 Å². The molecule has 2 aromatic heterocycles. The van der Waals surface area contributed by atoms with Crippen LogP contribution in [-0.4, -0.2) is 41.9 Å². The molecule has 1 radical (unpaired) electrons. The van der Waals surface area contributed by atoms with Gasteiger partial charge >= 0.3 is 0 Å². The summed E-state index contributed by atoms with van der Waals surface area (Å²) in [6.45, 7) is 5.68. The van der Waals surface area contributed by atoms with Gasteiger partial charge in [0.1, 0.15) is 11.5 Å². The summed E-state index contributed by atoms with van der Waals surface area (Å²) in [5.41, 5.74) is 9.46. The zero-order valence-corrected chi connectivity index (χ0v) is 13.2. The number of pyridine rings is 2. The number of anilines is 1. The Bertz CT molecular complexity index is 708. The van der Waals surface area contributed by atoms with E-state index in [9.17, 15) is 4.79 Å². The van der Waals surface area contributed by atoms with Gasteiger partial charge in [0, 0.05) is 25.8 Å². The minimum absolute atomic E-state index is 0.0127.